The molecule has 3 nitrogen and oxygen atoms in total. The summed E-state index contributed by atoms with van der Waals surface area (Å²) in [5.74, 6) is 0.458. The Bertz CT molecular complexity index is 448. The van der Waals surface area contributed by atoms with Gasteiger partial charge in [0, 0.05) is 16.7 Å². The first-order valence-corrected chi connectivity index (χ1v) is 4.95. The number of hydrogen-bond acceptors (Lipinski definition) is 3. The highest BCUT2D eigenvalue weighted by molar-refractivity contribution is 6.30. The molecule has 78 valence electrons. The molecule has 0 saturated heterocycles. The number of aromatic nitrogens is 1. The van der Waals surface area contributed by atoms with Gasteiger partial charge in [0.2, 0.25) is 0 Å². The van der Waals surface area contributed by atoms with Gasteiger partial charge < -0.3 is 9.63 Å². The molecule has 0 spiro atoms. The van der Waals surface area contributed by atoms with E-state index in [2.05, 4.69) is 5.16 Å². The molecular weight excluding hydrogens is 214 g/mol. The summed E-state index contributed by atoms with van der Waals surface area (Å²) in [7, 11) is 0. The molecule has 0 fully saturated rings. The van der Waals surface area contributed by atoms with Crippen LogP contribution in [0.15, 0.2) is 34.9 Å². The largest absolute Gasteiger partial charge is 0.385 e. The zero-order chi connectivity index (χ0) is 10.8. The zero-order valence-electron chi connectivity index (χ0n) is 8.14. The first-order chi connectivity index (χ1) is 7.16. The number of nitrogens with zero attached hydrogens (tertiary/aromatic N) is 1. The highest BCUT2D eigenvalue weighted by atomic mass is 35.5. The van der Waals surface area contributed by atoms with Crippen molar-refractivity contribution in [3.63, 3.8) is 0 Å². The minimum Gasteiger partial charge on any atom is -0.385 e. The summed E-state index contributed by atoms with van der Waals surface area (Å²) in [5, 5.41) is 13.8. The lowest BCUT2D eigenvalue weighted by atomic mass is 10.1. The molecular formula is C11H10ClNO2. The fourth-order valence-corrected chi connectivity index (χ4v) is 1.37. The zero-order valence-corrected chi connectivity index (χ0v) is 8.90. The Balaban J connectivity index is 2.33. The first kappa shape index (κ1) is 10.2. The predicted octanol–water partition coefficient (Wildman–Crippen LogP) is 3.05. The summed E-state index contributed by atoms with van der Waals surface area (Å²) in [6.45, 7) is 1.63. The van der Waals surface area contributed by atoms with Crippen LogP contribution in [0.1, 0.15) is 18.8 Å². The topological polar surface area (TPSA) is 46.3 Å². The van der Waals surface area contributed by atoms with E-state index in [1.807, 2.05) is 12.1 Å². The normalized spacial score (nSPS) is 12.7. The summed E-state index contributed by atoms with van der Waals surface area (Å²) in [6.07, 6.45) is -0.640. The van der Waals surface area contributed by atoms with Gasteiger partial charge in [-0.15, -0.1) is 0 Å². The molecule has 0 bridgehead atoms. The van der Waals surface area contributed by atoms with Crippen molar-refractivity contribution in [3.05, 3.63) is 41.1 Å². The Morgan fingerprint density at radius 3 is 2.53 bits per heavy atom. The van der Waals surface area contributed by atoms with E-state index in [4.69, 9.17) is 16.1 Å². The third-order valence-electron chi connectivity index (χ3n) is 2.08. The maximum Gasteiger partial charge on any atom is 0.165 e. The van der Waals surface area contributed by atoms with Gasteiger partial charge in [-0.05, 0) is 19.1 Å². The highest BCUT2D eigenvalue weighted by Crippen LogP contribution is 2.23. The van der Waals surface area contributed by atoms with Crippen LogP contribution in [-0.4, -0.2) is 10.3 Å². The molecule has 1 atom stereocenters. The molecule has 1 aromatic carbocycles. The van der Waals surface area contributed by atoms with Crippen LogP contribution in [0.3, 0.4) is 0 Å². The van der Waals surface area contributed by atoms with Crippen LogP contribution in [0.4, 0.5) is 0 Å². The Hall–Kier alpha value is -1.32. The fraction of sp³-hybridized carbons (Fsp3) is 0.182. The predicted molar refractivity (Wildman–Crippen MR) is 57.6 cm³/mol. The van der Waals surface area contributed by atoms with Gasteiger partial charge in [0.1, 0.15) is 11.8 Å². The van der Waals surface area contributed by atoms with Crippen molar-refractivity contribution < 1.29 is 9.63 Å². The molecule has 1 unspecified atom stereocenters. The lowest BCUT2D eigenvalue weighted by molar-refractivity contribution is 0.158. The van der Waals surface area contributed by atoms with Crippen LogP contribution in [0.25, 0.3) is 11.3 Å². The molecule has 2 rings (SSSR count). The van der Waals surface area contributed by atoms with Gasteiger partial charge in [0.25, 0.3) is 0 Å². The van der Waals surface area contributed by atoms with Crippen LogP contribution < -0.4 is 0 Å². The quantitative estimate of drug-likeness (QED) is 0.851. The van der Waals surface area contributed by atoms with Crippen molar-refractivity contribution >= 4 is 11.6 Å². The molecule has 1 N–H and O–H groups in total. The Morgan fingerprint density at radius 2 is 2.00 bits per heavy atom. The maximum absolute atomic E-state index is 9.27. The molecule has 0 aliphatic carbocycles. The summed E-state index contributed by atoms with van der Waals surface area (Å²) in [5.41, 5.74) is 1.61. The molecule has 1 aromatic heterocycles. The fourth-order valence-electron chi connectivity index (χ4n) is 1.24. The monoisotopic (exact) mass is 223 g/mol. The van der Waals surface area contributed by atoms with Crippen molar-refractivity contribution in [3.8, 4) is 11.3 Å². The van der Waals surface area contributed by atoms with E-state index in [1.54, 1.807) is 25.1 Å². The second-order valence-electron chi connectivity index (χ2n) is 3.30. The Labute approximate surface area is 92.3 Å². The second kappa shape index (κ2) is 4.04. The van der Waals surface area contributed by atoms with Crippen molar-refractivity contribution in [2.24, 2.45) is 0 Å². The minimum absolute atomic E-state index is 0.458. The number of rotatable bonds is 2. The molecule has 0 amide bonds. The van der Waals surface area contributed by atoms with Gasteiger partial charge in [0.15, 0.2) is 5.76 Å². The summed E-state index contributed by atoms with van der Waals surface area (Å²) < 4.78 is 4.98. The number of aliphatic hydroxyl groups is 1. The van der Waals surface area contributed by atoms with Gasteiger partial charge in [-0.1, -0.05) is 28.9 Å². The average molecular weight is 224 g/mol. The smallest absolute Gasteiger partial charge is 0.165 e. The highest BCUT2D eigenvalue weighted by Gasteiger charge is 2.10. The van der Waals surface area contributed by atoms with E-state index in [9.17, 15) is 5.11 Å². The molecule has 0 aliphatic rings. The van der Waals surface area contributed by atoms with Crippen LogP contribution in [0.2, 0.25) is 5.02 Å². The van der Waals surface area contributed by atoms with E-state index in [0.717, 1.165) is 5.56 Å². The van der Waals surface area contributed by atoms with Crippen molar-refractivity contribution in [1.29, 1.82) is 0 Å². The van der Waals surface area contributed by atoms with Gasteiger partial charge in [-0.25, -0.2) is 0 Å². The number of aliphatic hydroxyl groups excluding tert-OH is 1. The van der Waals surface area contributed by atoms with Crippen LogP contribution in [-0.2, 0) is 0 Å². The third-order valence-corrected chi connectivity index (χ3v) is 2.33. The number of hydrogen-bond donors (Lipinski definition) is 1. The van der Waals surface area contributed by atoms with E-state index in [1.165, 1.54) is 0 Å². The van der Waals surface area contributed by atoms with Crippen LogP contribution in [0, 0.1) is 0 Å². The molecule has 0 radical (unpaired) electrons. The van der Waals surface area contributed by atoms with Gasteiger partial charge in [-0.2, -0.15) is 0 Å². The van der Waals surface area contributed by atoms with Crippen molar-refractivity contribution in [2.45, 2.75) is 13.0 Å². The summed E-state index contributed by atoms with van der Waals surface area (Å²) in [4.78, 5) is 0. The summed E-state index contributed by atoms with van der Waals surface area (Å²) in [6, 6.07) is 8.99. The van der Waals surface area contributed by atoms with E-state index in [0.29, 0.717) is 16.5 Å². The molecule has 1 heterocycles. The van der Waals surface area contributed by atoms with Gasteiger partial charge in [-0.3, -0.25) is 0 Å². The lowest BCUT2D eigenvalue weighted by Gasteiger charge is -1.95. The molecule has 4 heteroatoms. The van der Waals surface area contributed by atoms with Crippen molar-refractivity contribution in [2.75, 3.05) is 0 Å². The van der Waals surface area contributed by atoms with Gasteiger partial charge in [0.05, 0.1) is 0 Å². The second-order valence-corrected chi connectivity index (χ2v) is 3.73. The van der Waals surface area contributed by atoms with E-state index in [-0.39, 0.29) is 0 Å². The van der Waals surface area contributed by atoms with Crippen LogP contribution >= 0.6 is 11.6 Å². The molecule has 0 saturated carbocycles. The minimum atomic E-state index is -0.640. The Morgan fingerprint density at radius 1 is 1.33 bits per heavy atom. The standard InChI is InChI=1S/C11H10ClNO2/c1-7(14)11-6-10(13-15-11)8-2-4-9(12)5-3-8/h2-7,14H,1H3. The number of benzene rings is 1. The van der Waals surface area contributed by atoms with E-state index >= 15 is 0 Å². The molecule has 2 aromatic rings. The third kappa shape index (κ3) is 2.19. The summed E-state index contributed by atoms with van der Waals surface area (Å²) >= 11 is 5.77. The maximum atomic E-state index is 9.27. The molecule has 0 aliphatic heterocycles. The SMILES string of the molecule is CC(O)c1cc(-c2ccc(Cl)cc2)no1. The number of halogens is 1. The molecule has 15 heavy (non-hydrogen) atoms. The average Bonchev–Trinajstić information content (AvgIpc) is 2.68. The lowest BCUT2D eigenvalue weighted by Crippen LogP contribution is -1.85. The van der Waals surface area contributed by atoms with E-state index < -0.39 is 6.10 Å². The first-order valence-electron chi connectivity index (χ1n) is 4.57. The van der Waals surface area contributed by atoms with Crippen molar-refractivity contribution in [1.82, 2.24) is 5.16 Å². The van der Waals surface area contributed by atoms with Crippen LogP contribution in [0.5, 0.6) is 0 Å². The van der Waals surface area contributed by atoms with Gasteiger partial charge >= 0.3 is 0 Å². The Kier molecular flexibility index (Phi) is 2.75.